The molecule has 1 amide bonds. The average molecular weight is 277 g/mol. The summed E-state index contributed by atoms with van der Waals surface area (Å²) in [5.41, 5.74) is 7.79. The number of carboxylic acids is 1. The van der Waals surface area contributed by atoms with Crippen LogP contribution < -0.4 is 10.6 Å². The van der Waals surface area contributed by atoms with E-state index in [-0.39, 0.29) is 24.6 Å². The van der Waals surface area contributed by atoms with Crippen LogP contribution in [0.4, 0.5) is 5.69 Å². The molecule has 1 aromatic rings. The number of carboxylic acid groups (broad SMARTS) is 1. The molecule has 1 heterocycles. The number of carbonyl (C=O) groups excluding carboxylic acids is 1. The van der Waals surface area contributed by atoms with Crippen molar-refractivity contribution in [3.05, 3.63) is 29.3 Å². The van der Waals surface area contributed by atoms with Crippen LogP contribution >= 0.6 is 0 Å². The molecule has 1 aliphatic rings. The quantitative estimate of drug-likeness (QED) is 0.321. The van der Waals surface area contributed by atoms with Crippen LogP contribution in [0.3, 0.4) is 0 Å². The summed E-state index contributed by atoms with van der Waals surface area (Å²) < 4.78 is 0. The lowest BCUT2D eigenvalue weighted by atomic mass is 10.1. The largest absolute Gasteiger partial charge is 0.481 e. The summed E-state index contributed by atoms with van der Waals surface area (Å²) in [4.78, 5) is 24.0. The maximum Gasteiger partial charge on any atom is 0.303 e. The third-order valence-corrected chi connectivity index (χ3v) is 3.23. The second-order valence-electron chi connectivity index (χ2n) is 4.52. The van der Waals surface area contributed by atoms with E-state index in [1.54, 1.807) is 23.1 Å². The van der Waals surface area contributed by atoms with Crippen molar-refractivity contribution in [3.8, 4) is 0 Å². The lowest BCUT2D eigenvalue weighted by molar-refractivity contribution is -0.138. The minimum absolute atomic E-state index is 0.0171. The predicted octanol–water partition coefficient (Wildman–Crippen LogP) is 0.535. The maximum atomic E-state index is 12.0. The van der Waals surface area contributed by atoms with Crippen LogP contribution in [0.15, 0.2) is 23.4 Å². The highest BCUT2D eigenvalue weighted by molar-refractivity contribution is 6.00. The van der Waals surface area contributed by atoms with Gasteiger partial charge in [-0.25, -0.2) is 0 Å². The molecule has 1 aromatic carbocycles. The Kier molecular flexibility index (Phi) is 3.88. The molecule has 0 radical (unpaired) electrons. The van der Waals surface area contributed by atoms with Gasteiger partial charge in [-0.15, -0.1) is 0 Å². The molecule has 0 atom stereocenters. The zero-order chi connectivity index (χ0) is 14.7. The highest BCUT2D eigenvalue weighted by Gasteiger charge is 2.25. The number of rotatable bonds is 4. The van der Waals surface area contributed by atoms with Gasteiger partial charge in [0.2, 0.25) is 5.91 Å². The molecule has 0 aliphatic carbocycles. The van der Waals surface area contributed by atoms with Crippen molar-refractivity contribution < 1.29 is 19.9 Å². The first-order chi connectivity index (χ1) is 9.52. The smallest absolute Gasteiger partial charge is 0.303 e. The van der Waals surface area contributed by atoms with Crippen molar-refractivity contribution in [1.82, 2.24) is 0 Å². The summed E-state index contributed by atoms with van der Waals surface area (Å²) in [6, 6.07) is 5.17. The summed E-state index contributed by atoms with van der Waals surface area (Å²) in [6.45, 7) is 0.521. The molecule has 7 nitrogen and oxygen atoms in total. The number of anilines is 1. The van der Waals surface area contributed by atoms with Gasteiger partial charge in [0.1, 0.15) is 0 Å². The average Bonchev–Trinajstić information content (AvgIpc) is 2.86. The van der Waals surface area contributed by atoms with Gasteiger partial charge in [-0.3, -0.25) is 9.59 Å². The van der Waals surface area contributed by atoms with E-state index in [4.69, 9.17) is 16.0 Å². The van der Waals surface area contributed by atoms with E-state index in [0.29, 0.717) is 18.5 Å². The number of carbonyl (C=O) groups is 2. The lowest BCUT2D eigenvalue weighted by Crippen LogP contribution is -2.29. The van der Waals surface area contributed by atoms with Crippen molar-refractivity contribution in [1.29, 1.82) is 0 Å². The molecule has 0 bridgehead atoms. The van der Waals surface area contributed by atoms with Crippen LogP contribution in [0.5, 0.6) is 0 Å². The third kappa shape index (κ3) is 2.71. The van der Waals surface area contributed by atoms with Crippen LogP contribution in [0, 0.1) is 0 Å². The lowest BCUT2D eigenvalue weighted by Gasteiger charge is -2.17. The second kappa shape index (κ2) is 5.60. The minimum Gasteiger partial charge on any atom is -0.481 e. The summed E-state index contributed by atoms with van der Waals surface area (Å²) in [7, 11) is 0. The van der Waals surface area contributed by atoms with Gasteiger partial charge >= 0.3 is 5.97 Å². The van der Waals surface area contributed by atoms with E-state index in [0.717, 1.165) is 11.3 Å². The van der Waals surface area contributed by atoms with Gasteiger partial charge in [0.05, 0.1) is 6.42 Å². The molecular weight excluding hydrogens is 262 g/mol. The molecule has 0 spiro atoms. The van der Waals surface area contributed by atoms with Crippen LogP contribution in [0.2, 0.25) is 0 Å². The van der Waals surface area contributed by atoms with Crippen LogP contribution in [-0.2, 0) is 16.0 Å². The molecule has 0 unspecified atom stereocenters. The van der Waals surface area contributed by atoms with Gasteiger partial charge in [-0.1, -0.05) is 5.16 Å². The number of oxime groups is 1. The Bertz CT molecular complexity index is 583. The van der Waals surface area contributed by atoms with Gasteiger partial charge in [0.25, 0.3) is 0 Å². The SMILES string of the molecule is NC(=NO)c1ccc2c(c1)CCN2C(=O)CCC(=O)O. The summed E-state index contributed by atoms with van der Waals surface area (Å²) in [5, 5.41) is 20.2. The maximum absolute atomic E-state index is 12.0. The van der Waals surface area contributed by atoms with E-state index in [9.17, 15) is 9.59 Å². The molecule has 0 aromatic heterocycles. The molecule has 2 rings (SSSR count). The predicted molar refractivity (Wildman–Crippen MR) is 71.9 cm³/mol. The monoisotopic (exact) mass is 277 g/mol. The van der Waals surface area contributed by atoms with Gasteiger partial charge in [0.15, 0.2) is 5.84 Å². The van der Waals surface area contributed by atoms with Gasteiger partial charge in [-0.05, 0) is 30.2 Å². The fourth-order valence-corrected chi connectivity index (χ4v) is 2.23. The van der Waals surface area contributed by atoms with Crippen LogP contribution in [-0.4, -0.2) is 34.6 Å². The topological polar surface area (TPSA) is 116 Å². The highest BCUT2D eigenvalue weighted by atomic mass is 16.4. The molecule has 1 aliphatic heterocycles. The second-order valence-corrected chi connectivity index (χ2v) is 4.52. The minimum atomic E-state index is -0.986. The Hall–Kier alpha value is -2.57. The van der Waals surface area contributed by atoms with E-state index in [1.807, 2.05) is 0 Å². The standard InChI is InChI=1S/C13H15N3O4/c14-13(15-20)9-1-2-10-8(7-9)5-6-16(10)11(17)3-4-12(18)19/h1-2,7,20H,3-6H2,(H2,14,15)(H,18,19). The molecular formula is C13H15N3O4. The molecule has 0 saturated carbocycles. The third-order valence-electron chi connectivity index (χ3n) is 3.23. The molecule has 20 heavy (non-hydrogen) atoms. The summed E-state index contributed by atoms with van der Waals surface area (Å²) >= 11 is 0. The first-order valence-corrected chi connectivity index (χ1v) is 6.16. The van der Waals surface area contributed by atoms with Crippen molar-refractivity contribution in [2.45, 2.75) is 19.3 Å². The Morgan fingerprint density at radius 3 is 2.75 bits per heavy atom. The normalized spacial score (nSPS) is 14.2. The number of aliphatic carboxylic acids is 1. The Morgan fingerprint density at radius 1 is 1.35 bits per heavy atom. The highest BCUT2D eigenvalue weighted by Crippen LogP contribution is 2.29. The van der Waals surface area contributed by atoms with Crippen molar-refractivity contribution in [2.75, 3.05) is 11.4 Å². The van der Waals surface area contributed by atoms with E-state index in [1.165, 1.54) is 0 Å². The number of amides is 1. The molecule has 106 valence electrons. The number of nitrogens with zero attached hydrogens (tertiary/aromatic N) is 2. The van der Waals surface area contributed by atoms with Crippen molar-refractivity contribution >= 4 is 23.4 Å². The van der Waals surface area contributed by atoms with E-state index >= 15 is 0 Å². The molecule has 7 heteroatoms. The zero-order valence-electron chi connectivity index (χ0n) is 10.7. The Labute approximate surface area is 115 Å². The molecule has 4 N–H and O–H groups in total. The van der Waals surface area contributed by atoms with Gasteiger partial charge in [0, 0.05) is 24.2 Å². The number of hydrogen-bond donors (Lipinski definition) is 3. The molecule has 0 fully saturated rings. The molecule has 0 saturated heterocycles. The fourth-order valence-electron chi connectivity index (χ4n) is 2.23. The van der Waals surface area contributed by atoms with Gasteiger partial charge < -0.3 is 20.9 Å². The summed E-state index contributed by atoms with van der Waals surface area (Å²) in [5.74, 6) is -1.17. The Balaban J connectivity index is 2.17. The number of amidine groups is 1. The van der Waals surface area contributed by atoms with E-state index in [2.05, 4.69) is 5.16 Å². The number of hydrogen-bond acceptors (Lipinski definition) is 4. The summed E-state index contributed by atoms with van der Waals surface area (Å²) in [6.07, 6.45) is 0.477. The van der Waals surface area contributed by atoms with Crippen LogP contribution in [0.25, 0.3) is 0 Å². The first-order valence-electron chi connectivity index (χ1n) is 6.16. The fraction of sp³-hybridized carbons (Fsp3) is 0.308. The first kappa shape index (κ1) is 13.9. The van der Waals surface area contributed by atoms with Gasteiger partial charge in [-0.2, -0.15) is 0 Å². The van der Waals surface area contributed by atoms with Crippen molar-refractivity contribution in [3.63, 3.8) is 0 Å². The van der Waals surface area contributed by atoms with Crippen molar-refractivity contribution in [2.24, 2.45) is 10.9 Å². The number of fused-ring (bicyclic) bond motifs is 1. The van der Waals surface area contributed by atoms with Crippen LogP contribution in [0.1, 0.15) is 24.0 Å². The number of benzene rings is 1. The number of nitrogens with two attached hydrogens (primary N) is 1. The zero-order valence-corrected chi connectivity index (χ0v) is 10.7. The Morgan fingerprint density at radius 2 is 2.10 bits per heavy atom. The van der Waals surface area contributed by atoms with E-state index < -0.39 is 5.97 Å².